The van der Waals surface area contributed by atoms with Crippen LogP contribution in [0.5, 0.6) is 0 Å². The number of piperidine rings is 1. The van der Waals surface area contributed by atoms with Gasteiger partial charge in [0, 0.05) is 50.5 Å². The molecule has 1 spiro atoms. The van der Waals surface area contributed by atoms with E-state index >= 15 is 0 Å². The van der Waals surface area contributed by atoms with Crippen molar-refractivity contribution < 1.29 is 45.1 Å². The van der Waals surface area contributed by atoms with Crippen LogP contribution < -0.4 is 0 Å². The summed E-state index contributed by atoms with van der Waals surface area (Å²) in [5, 5.41) is 0. The number of hydrogen-bond donors (Lipinski definition) is 0. The van der Waals surface area contributed by atoms with E-state index in [9.17, 15) is 35.9 Å². The summed E-state index contributed by atoms with van der Waals surface area (Å²) >= 11 is 0. The van der Waals surface area contributed by atoms with Gasteiger partial charge >= 0.3 is 18.4 Å². The van der Waals surface area contributed by atoms with Crippen LogP contribution in [0.15, 0.2) is 48.5 Å². The largest absolute Gasteiger partial charge is 0.442 e. The molecule has 0 aromatic heterocycles. The molecule has 0 radical (unpaired) electrons. The Morgan fingerprint density at radius 1 is 0.976 bits per heavy atom. The number of nitrogens with zero attached hydrogens (tertiary/aromatic N) is 2. The highest BCUT2D eigenvalue weighted by Crippen LogP contribution is 2.44. The Hall–Kier alpha value is -3.06. The van der Waals surface area contributed by atoms with Crippen LogP contribution >= 0.6 is 0 Å². The van der Waals surface area contributed by atoms with Crippen molar-refractivity contribution in [3.05, 3.63) is 70.8 Å². The Balaban J connectivity index is 1.55. The smallest absolute Gasteiger partial charge is 0.416 e. The van der Waals surface area contributed by atoms with Crippen molar-refractivity contribution in [3.8, 4) is 0 Å². The minimum atomic E-state index is -5.06. The molecule has 2 heterocycles. The van der Waals surface area contributed by atoms with Gasteiger partial charge in [0.1, 0.15) is 5.60 Å². The van der Waals surface area contributed by atoms with E-state index in [1.165, 1.54) is 4.90 Å². The maximum Gasteiger partial charge on any atom is 0.416 e. The molecule has 2 aliphatic rings. The topological polar surface area (TPSA) is 59.1 Å². The molecule has 2 fully saturated rings. The van der Waals surface area contributed by atoms with Crippen LogP contribution in [-0.4, -0.2) is 68.5 Å². The van der Waals surface area contributed by atoms with Crippen LogP contribution in [0.25, 0.3) is 0 Å². The van der Waals surface area contributed by atoms with Crippen LogP contribution in [0.1, 0.15) is 45.8 Å². The van der Waals surface area contributed by atoms with Crippen LogP contribution in [0.3, 0.4) is 0 Å². The van der Waals surface area contributed by atoms with E-state index < -0.39 is 55.0 Å². The van der Waals surface area contributed by atoms with Crippen molar-refractivity contribution in [2.24, 2.45) is 0 Å². The number of carbonyl (C=O) groups is 2. The molecule has 1 atom stereocenters. The number of likely N-dealkylation sites (tertiary alicyclic amines) is 1. The van der Waals surface area contributed by atoms with Gasteiger partial charge in [-0.3, -0.25) is 4.79 Å². The summed E-state index contributed by atoms with van der Waals surface area (Å²) in [6.45, 7) is 7.15. The predicted octanol–water partition coefficient (Wildman–Crippen LogP) is 6.79. The lowest BCUT2D eigenvalue weighted by Crippen LogP contribution is -2.59. The lowest BCUT2D eigenvalue weighted by molar-refractivity contribution is -0.143. The van der Waals surface area contributed by atoms with Crippen molar-refractivity contribution in [2.45, 2.75) is 56.4 Å². The molecular weight excluding hydrogens is 570 g/mol. The average molecular weight is 603 g/mol. The Bertz CT molecular complexity index is 1220. The first-order valence-electron chi connectivity index (χ1n) is 13.2. The van der Waals surface area contributed by atoms with Gasteiger partial charge in [0.05, 0.1) is 17.7 Å². The summed E-state index contributed by atoms with van der Waals surface area (Å²) in [5.41, 5.74) is -3.86. The molecule has 2 aromatic carbocycles. The maximum absolute atomic E-state index is 13.3. The number of alkyl halides is 6. The Morgan fingerprint density at radius 2 is 1.54 bits per heavy atom. The van der Waals surface area contributed by atoms with Gasteiger partial charge in [0.25, 0.3) is 5.91 Å². The second-order valence-electron chi connectivity index (χ2n) is 11.4. The third kappa shape index (κ3) is 7.24. The molecule has 2 aliphatic heterocycles. The van der Waals surface area contributed by atoms with Gasteiger partial charge in [-0.2, -0.15) is 26.3 Å². The van der Waals surface area contributed by atoms with Gasteiger partial charge in [0.2, 0.25) is 0 Å². The molecule has 4 rings (SSSR count). The number of halogens is 6. The fourth-order valence-electron chi connectivity index (χ4n) is 5.31. The van der Waals surface area contributed by atoms with Crippen molar-refractivity contribution in [3.63, 3.8) is 0 Å². The second-order valence-corrected chi connectivity index (χ2v) is 15.9. The molecule has 1 unspecified atom stereocenters. The molecule has 0 aliphatic carbocycles. The first kappa shape index (κ1) is 30.9. The third-order valence-electron chi connectivity index (χ3n) is 7.42. The lowest BCUT2D eigenvalue weighted by Gasteiger charge is -2.50. The number of rotatable bonds is 6. The van der Waals surface area contributed by atoms with Crippen molar-refractivity contribution in [1.82, 2.24) is 9.80 Å². The van der Waals surface area contributed by atoms with E-state index in [-0.39, 0.29) is 37.9 Å². The molecule has 224 valence electrons. The molecule has 2 aromatic rings. The Morgan fingerprint density at radius 3 is 2.05 bits per heavy atom. The van der Waals surface area contributed by atoms with Gasteiger partial charge in [-0.05, 0) is 43.4 Å². The summed E-state index contributed by atoms with van der Waals surface area (Å²) in [4.78, 5) is 29.0. The Kier molecular flexibility index (Phi) is 8.52. The van der Waals surface area contributed by atoms with Gasteiger partial charge in [-0.25, -0.2) is 4.79 Å². The normalized spacial score (nSPS) is 19.8. The van der Waals surface area contributed by atoms with Gasteiger partial charge in [-0.15, -0.1) is 0 Å². The molecule has 0 bridgehead atoms. The van der Waals surface area contributed by atoms with Gasteiger partial charge in [0.15, 0.2) is 8.32 Å². The summed E-state index contributed by atoms with van der Waals surface area (Å²) < 4.78 is 92.0. The molecule has 13 heteroatoms. The summed E-state index contributed by atoms with van der Waals surface area (Å²) in [5.74, 6) is -1.21. The minimum Gasteiger partial charge on any atom is -0.442 e. The summed E-state index contributed by atoms with van der Waals surface area (Å²) in [7, 11) is -1.80. The fourth-order valence-corrected chi connectivity index (χ4v) is 6.01. The van der Waals surface area contributed by atoms with Crippen LogP contribution in [0, 0.1) is 0 Å². The number of amides is 2. The average Bonchev–Trinajstić information content (AvgIpc) is 2.88. The van der Waals surface area contributed by atoms with E-state index in [2.05, 4.69) is 0 Å². The second kappa shape index (κ2) is 11.3. The molecule has 41 heavy (non-hydrogen) atoms. The predicted molar refractivity (Wildman–Crippen MR) is 141 cm³/mol. The highest BCUT2D eigenvalue weighted by molar-refractivity contribution is 6.69. The van der Waals surface area contributed by atoms with Crippen LogP contribution in [-0.2, 0) is 21.5 Å². The highest BCUT2D eigenvalue weighted by atomic mass is 28.4. The minimum absolute atomic E-state index is 0.00557. The SMILES string of the molecule is C[Si](C)(C)OCCN1CC(c2ccccc2)C2(CCN(C(=O)c3cc(C(F)(F)F)cc(C(F)(F)F)c3)CC2)OC1=O. The number of hydrogen-bond acceptors (Lipinski definition) is 4. The molecule has 2 amide bonds. The third-order valence-corrected chi connectivity index (χ3v) is 8.49. The van der Waals surface area contributed by atoms with Gasteiger partial charge in [-0.1, -0.05) is 30.3 Å². The number of carbonyl (C=O) groups excluding carboxylic acids is 2. The van der Waals surface area contributed by atoms with Crippen molar-refractivity contribution >= 4 is 20.3 Å². The monoisotopic (exact) mass is 602 g/mol. The van der Waals surface area contributed by atoms with E-state index in [0.717, 1.165) is 5.56 Å². The zero-order valence-corrected chi connectivity index (χ0v) is 23.9. The fraction of sp³-hybridized carbons (Fsp3) is 0.500. The standard InChI is InChI=1S/C28H32F6N2O4Si/c1-41(2,3)39-14-13-36-18-23(19-7-5-4-6-8-19)26(40-25(36)38)9-11-35(12-10-26)24(37)20-15-21(27(29,30)31)17-22(16-20)28(32,33)34/h4-8,15-17,23H,9-14,18H2,1-3H3. The number of ether oxygens (including phenoxy) is 1. The quantitative estimate of drug-likeness (QED) is 0.270. The maximum atomic E-state index is 13.3. The zero-order chi connectivity index (χ0) is 30.2. The summed E-state index contributed by atoms with van der Waals surface area (Å²) in [6, 6.07) is 10.3. The molecule has 0 saturated carbocycles. The lowest BCUT2D eigenvalue weighted by atomic mass is 9.74. The first-order valence-corrected chi connectivity index (χ1v) is 16.6. The van der Waals surface area contributed by atoms with Crippen molar-refractivity contribution in [1.29, 1.82) is 0 Å². The molecule has 0 N–H and O–H groups in total. The zero-order valence-electron chi connectivity index (χ0n) is 22.9. The summed E-state index contributed by atoms with van der Waals surface area (Å²) in [6.07, 6.45) is -10.3. The van der Waals surface area contributed by atoms with E-state index in [0.29, 0.717) is 31.8 Å². The molecule has 2 saturated heterocycles. The van der Waals surface area contributed by atoms with Crippen LogP contribution in [0.4, 0.5) is 31.1 Å². The van der Waals surface area contributed by atoms with Crippen LogP contribution in [0.2, 0.25) is 19.6 Å². The molecular formula is C28H32F6N2O4Si. The Labute approximate surface area is 235 Å². The first-order chi connectivity index (χ1) is 19.0. The highest BCUT2D eigenvalue weighted by Gasteiger charge is 2.51. The van der Waals surface area contributed by atoms with E-state index in [1.54, 1.807) is 4.90 Å². The van der Waals surface area contributed by atoms with Crippen molar-refractivity contribution in [2.75, 3.05) is 32.8 Å². The van der Waals surface area contributed by atoms with Gasteiger partial charge < -0.3 is 19.0 Å². The van der Waals surface area contributed by atoms with E-state index in [4.69, 9.17) is 9.16 Å². The molecule has 6 nitrogen and oxygen atoms in total. The van der Waals surface area contributed by atoms with E-state index in [1.807, 2.05) is 50.0 Å². The number of benzene rings is 2.